The molecule has 37 heavy (non-hydrogen) atoms. The topological polar surface area (TPSA) is 130 Å². The summed E-state index contributed by atoms with van der Waals surface area (Å²) in [4.78, 5) is 32.2. The summed E-state index contributed by atoms with van der Waals surface area (Å²) in [5, 5.41) is 26.8. The molecule has 2 aromatic rings. The Labute approximate surface area is 217 Å². The molecule has 198 valence electrons. The van der Waals surface area contributed by atoms with E-state index in [1.807, 2.05) is 18.2 Å². The molecule has 2 amide bonds. The average Bonchev–Trinajstić information content (AvgIpc) is 3.68. The third kappa shape index (κ3) is 5.32. The number of carbonyl (C=O) groups is 2. The van der Waals surface area contributed by atoms with Crippen LogP contribution < -0.4 is 15.4 Å². The van der Waals surface area contributed by atoms with Crippen molar-refractivity contribution in [3.05, 3.63) is 30.0 Å². The summed E-state index contributed by atoms with van der Waals surface area (Å²) in [5.74, 6) is 0.889. The fourth-order valence-electron chi connectivity index (χ4n) is 6.59. The van der Waals surface area contributed by atoms with E-state index < -0.39 is 18.3 Å². The first-order valence-corrected chi connectivity index (χ1v) is 13.6. The summed E-state index contributed by atoms with van der Waals surface area (Å²) in [6.07, 6.45) is 6.72. The van der Waals surface area contributed by atoms with Gasteiger partial charge in [0, 0.05) is 23.4 Å². The molecule has 9 heteroatoms. The number of hydrogen-bond donors (Lipinski definition) is 4. The molecule has 1 saturated carbocycles. The predicted octanol–water partition coefficient (Wildman–Crippen LogP) is 2.91. The minimum Gasteiger partial charge on any atom is -0.496 e. The van der Waals surface area contributed by atoms with Crippen molar-refractivity contribution in [2.24, 2.45) is 17.8 Å². The zero-order chi connectivity index (χ0) is 25.9. The van der Waals surface area contributed by atoms with Gasteiger partial charge in [-0.2, -0.15) is 5.26 Å². The highest BCUT2D eigenvalue weighted by molar-refractivity contribution is 6.01. The van der Waals surface area contributed by atoms with Crippen molar-refractivity contribution in [1.82, 2.24) is 20.5 Å². The van der Waals surface area contributed by atoms with Gasteiger partial charge in [0.15, 0.2) is 0 Å². The number of rotatable bonds is 7. The number of aliphatic hydroxyl groups excluding tert-OH is 1. The lowest BCUT2D eigenvalue weighted by atomic mass is 9.88. The largest absolute Gasteiger partial charge is 0.496 e. The second-order valence-corrected chi connectivity index (χ2v) is 10.8. The Bertz CT molecular complexity index is 1170. The maximum absolute atomic E-state index is 13.8. The molecule has 9 nitrogen and oxygen atoms in total. The van der Waals surface area contributed by atoms with Crippen molar-refractivity contribution < 1.29 is 19.4 Å². The average molecular weight is 508 g/mol. The van der Waals surface area contributed by atoms with Crippen LogP contribution in [0.5, 0.6) is 5.75 Å². The Kier molecular flexibility index (Phi) is 7.68. The number of likely N-dealkylation sites (tertiary alicyclic amines) is 1. The van der Waals surface area contributed by atoms with Gasteiger partial charge in [-0.1, -0.05) is 31.7 Å². The number of aromatic nitrogens is 1. The van der Waals surface area contributed by atoms with Gasteiger partial charge in [0.05, 0.1) is 13.2 Å². The van der Waals surface area contributed by atoms with Gasteiger partial charge in [0.25, 0.3) is 5.91 Å². The van der Waals surface area contributed by atoms with Gasteiger partial charge < -0.3 is 25.0 Å². The summed E-state index contributed by atoms with van der Waals surface area (Å²) >= 11 is 0. The van der Waals surface area contributed by atoms with Crippen molar-refractivity contribution in [1.29, 1.82) is 5.26 Å². The highest BCUT2D eigenvalue weighted by atomic mass is 16.5. The molecular formula is C28H37N5O4. The van der Waals surface area contributed by atoms with E-state index >= 15 is 0 Å². The number of nitriles is 1. The Morgan fingerprint density at radius 2 is 2.05 bits per heavy atom. The number of nitrogens with one attached hydrogen (secondary N) is 3. The van der Waals surface area contributed by atoms with Gasteiger partial charge in [-0.05, 0) is 62.3 Å². The molecule has 0 spiro atoms. The second-order valence-electron chi connectivity index (χ2n) is 10.8. The Morgan fingerprint density at radius 3 is 2.78 bits per heavy atom. The molecule has 3 fully saturated rings. The Balaban J connectivity index is 1.35. The van der Waals surface area contributed by atoms with Crippen molar-refractivity contribution >= 4 is 22.7 Å². The number of fused-ring (bicyclic) bond motifs is 1. The molecule has 1 aromatic carbocycles. The fraction of sp³-hybridized carbons (Fsp3) is 0.607. The van der Waals surface area contributed by atoms with Gasteiger partial charge in [-0.3, -0.25) is 14.9 Å². The van der Waals surface area contributed by atoms with Crippen LogP contribution >= 0.6 is 0 Å². The van der Waals surface area contributed by atoms with E-state index in [0.29, 0.717) is 36.7 Å². The molecule has 1 aromatic heterocycles. The van der Waals surface area contributed by atoms with Crippen LogP contribution in [0.2, 0.25) is 0 Å². The van der Waals surface area contributed by atoms with Crippen LogP contribution in [0.4, 0.5) is 0 Å². The maximum atomic E-state index is 13.8. The molecule has 5 atom stereocenters. The third-order valence-corrected chi connectivity index (χ3v) is 8.60. The SMILES string of the molecule is COc1cccc2[nH]c(C(=O)N3CC(C4CCCC4)CC3C(=O)NC(C#N)CC3CCCNC3O)cc12. The zero-order valence-electron chi connectivity index (χ0n) is 21.4. The van der Waals surface area contributed by atoms with Crippen LogP contribution in [0.3, 0.4) is 0 Å². The third-order valence-electron chi connectivity index (χ3n) is 8.60. The molecule has 5 unspecified atom stereocenters. The first-order valence-electron chi connectivity index (χ1n) is 13.6. The minimum atomic E-state index is -0.716. The van der Waals surface area contributed by atoms with Crippen LogP contribution in [-0.2, 0) is 4.79 Å². The van der Waals surface area contributed by atoms with Gasteiger partial charge in [-0.25, -0.2) is 0 Å². The maximum Gasteiger partial charge on any atom is 0.270 e. The quantitative estimate of drug-likeness (QED) is 0.456. The molecule has 0 bridgehead atoms. The lowest BCUT2D eigenvalue weighted by Crippen LogP contribution is -2.50. The van der Waals surface area contributed by atoms with E-state index in [-0.39, 0.29) is 23.7 Å². The normalized spacial score (nSPS) is 27.2. The lowest BCUT2D eigenvalue weighted by Gasteiger charge is -2.30. The number of ether oxygens (including phenoxy) is 1. The van der Waals surface area contributed by atoms with Gasteiger partial charge in [0.1, 0.15) is 29.8 Å². The predicted molar refractivity (Wildman–Crippen MR) is 139 cm³/mol. The van der Waals surface area contributed by atoms with Crippen LogP contribution in [0, 0.1) is 29.1 Å². The molecule has 5 rings (SSSR count). The molecule has 2 saturated heterocycles. The number of carbonyl (C=O) groups excluding carboxylic acids is 2. The lowest BCUT2D eigenvalue weighted by molar-refractivity contribution is -0.125. The van der Waals surface area contributed by atoms with Gasteiger partial charge in [-0.15, -0.1) is 0 Å². The number of amides is 2. The standard InChI is InChI=1S/C28H37N5O4/c1-37-25-10-4-9-22-21(25)14-23(32-22)28(36)33-16-19(17-6-2-3-7-17)13-24(33)27(35)31-20(15-29)12-18-8-5-11-30-26(18)34/h4,9-10,14,17-20,24,26,30,32,34H,2-3,5-8,11-13,16H2,1H3,(H,31,35). The van der Waals surface area contributed by atoms with Crippen LogP contribution in [0.1, 0.15) is 61.9 Å². The monoisotopic (exact) mass is 507 g/mol. The Hall–Kier alpha value is -3.09. The highest BCUT2D eigenvalue weighted by Crippen LogP contribution is 2.39. The van der Waals surface area contributed by atoms with E-state index in [1.54, 1.807) is 18.1 Å². The summed E-state index contributed by atoms with van der Waals surface area (Å²) < 4.78 is 5.45. The molecule has 2 aliphatic heterocycles. The van der Waals surface area contributed by atoms with E-state index in [1.165, 1.54) is 12.8 Å². The van der Waals surface area contributed by atoms with Crippen molar-refractivity contribution in [3.63, 3.8) is 0 Å². The summed E-state index contributed by atoms with van der Waals surface area (Å²) in [6, 6.07) is 8.28. The van der Waals surface area contributed by atoms with E-state index in [4.69, 9.17) is 4.74 Å². The number of methoxy groups -OCH3 is 1. The fourth-order valence-corrected chi connectivity index (χ4v) is 6.59. The zero-order valence-corrected chi connectivity index (χ0v) is 21.4. The van der Waals surface area contributed by atoms with Gasteiger partial charge in [0.2, 0.25) is 5.91 Å². The summed E-state index contributed by atoms with van der Waals surface area (Å²) in [5.41, 5.74) is 1.23. The molecular weight excluding hydrogens is 470 g/mol. The first-order chi connectivity index (χ1) is 18.0. The number of piperidine rings is 1. The molecule has 3 aliphatic rings. The number of hydrogen-bond acceptors (Lipinski definition) is 6. The van der Waals surface area contributed by atoms with Crippen molar-refractivity contribution in [2.75, 3.05) is 20.2 Å². The second kappa shape index (κ2) is 11.1. The first kappa shape index (κ1) is 25.6. The van der Waals surface area contributed by atoms with Crippen LogP contribution in [0.15, 0.2) is 24.3 Å². The number of aliphatic hydroxyl groups is 1. The number of benzene rings is 1. The Morgan fingerprint density at radius 1 is 1.24 bits per heavy atom. The van der Waals surface area contributed by atoms with Crippen LogP contribution in [0.25, 0.3) is 10.9 Å². The summed E-state index contributed by atoms with van der Waals surface area (Å²) in [6.45, 7) is 1.29. The number of aromatic amines is 1. The minimum absolute atomic E-state index is 0.0902. The van der Waals surface area contributed by atoms with Gasteiger partial charge >= 0.3 is 0 Å². The molecule has 4 N–H and O–H groups in total. The molecule has 0 radical (unpaired) electrons. The highest BCUT2D eigenvalue weighted by Gasteiger charge is 2.44. The van der Waals surface area contributed by atoms with Crippen molar-refractivity contribution in [2.45, 2.75) is 69.7 Å². The number of nitrogens with zero attached hydrogens (tertiary/aromatic N) is 2. The number of H-pyrrole nitrogens is 1. The molecule has 1 aliphatic carbocycles. The van der Waals surface area contributed by atoms with Crippen molar-refractivity contribution in [3.8, 4) is 11.8 Å². The van der Waals surface area contributed by atoms with E-state index in [9.17, 15) is 20.0 Å². The van der Waals surface area contributed by atoms with Crippen LogP contribution in [-0.4, -0.2) is 65.3 Å². The summed E-state index contributed by atoms with van der Waals surface area (Å²) in [7, 11) is 1.60. The molecule has 3 heterocycles. The van der Waals surface area contributed by atoms with E-state index in [2.05, 4.69) is 21.7 Å². The smallest absolute Gasteiger partial charge is 0.270 e. The van der Waals surface area contributed by atoms with E-state index in [0.717, 1.165) is 43.1 Å².